The molecule has 0 bridgehead atoms. The van der Waals surface area contributed by atoms with Gasteiger partial charge < -0.3 is 4.74 Å². The largest absolute Gasteiger partial charge is 0.381 e. The Morgan fingerprint density at radius 3 is 2.50 bits per heavy atom. The average Bonchev–Trinajstić information content (AvgIpc) is 2.30. The van der Waals surface area contributed by atoms with E-state index in [-0.39, 0.29) is 8.80 Å². The Balaban J connectivity index is 2.22. The van der Waals surface area contributed by atoms with Gasteiger partial charge in [-0.05, 0) is 29.5 Å². The van der Waals surface area contributed by atoms with Crippen molar-refractivity contribution >= 4 is 24.7 Å². The SMILES string of the molecule is C[Si](C)C(C)(C)COCCCc1ccccc1Br. The fourth-order valence-corrected chi connectivity index (χ4v) is 2.41. The van der Waals surface area contributed by atoms with Gasteiger partial charge in [0.2, 0.25) is 0 Å². The molecule has 0 aliphatic heterocycles. The molecule has 0 amide bonds. The first-order chi connectivity index (χ1) is 8.43. The van der Waals surface area contributed by atoms with Gasteiger partial charge in [0.1, 0.15) is 0 Å². The molecule has 0 saturated carbocycles. The van der Waals surface area contributed by atoms with Crippen molar-refractivity contribution < 1.29 is 4.74 Å². The van der Waals surface area contributed by atoms with Crippen LogP contribution in [0.25, 0.3) is 0 Å². The molecular formula is C15H24BrOSi. The maximum atomic E-state index is 5.83. The maximum absolute atomic E-state index is 5.83. The lowest BCUT2D eigenvalue weighted by Gasteiger charge is -2.27. The number of aryl methyl sites for hydroxylation is 1. The zero-order valence-corrected chi connectivity index (χ0v) is 14.5. The second-order valence-corrected chi connectivity index (χ2v) is 9.84. The van der Waals surface area contributed by atoms with Crippen molar-refractivity contribution in [1.82, 2.24) is 0 Å². The van der Waals surface area contributed by atoms with Gasteiger partial charge in [-0.2, -0.15) is 0 Å². The molecule has 0 aliphatic rings. The van der Waals surface area contributed by atoms with Crippen LogP contribution in [0.4, 0.5) is 0 Å². The number of hydrogen-bond donors (Lipinski definition) is 0. The Kier molecular flexibility index (Phi) is 6.61. The summed E-state index contributed by atoms with van der Waals surface area (Å²) in [5.41, 5.74) is 1.37. The number of hydrogen-bond acceptors (Lipinski definition) is 1. The summed E-state index contributed by atoms with van der Waals surface area (Å²) in [6.07, 6.45) is 2.17. The quantitative estimate of drug-likeness (QED) is 0.509. The van der Waals surface area contributed by atoms with Gasteiger partial charge in [0, 0.05) is 17.7 Å². The molecule has 0 aromatic heterocycles. The number of rotatable bonds is 7. The first-order valence-corrected chi connectivity index (χ1v) is 9.84. The van der Waals surface area contributed by atoms with Crippen LogP contribution in [0, 0.1) is 0 Å². The van der Waals surface area contributed by atoms with Crippen molar-refractivity contribution in [1.29, 1.82) is 0 Å². The molecule has 3 heteroatoms. The van der Waals surface area contributed by atoms with Gasteiger partial charge in [-0.1, -0.05) is 61.1 Å². The average molecular weight is 328 g/mol. The zero-order chi connectivity index (χ0) is 13.6. The minimum Gasteiger partial charge on any atom is -0.381 e. The second-order valence-electron chi connectivity index (χ2n) is 5.63. The minimum absolute atomic E-state index is 0.289. The summed E-state index contributed by atoms with van der Waals surface area (Å²) in [6.45, 7) is 11.1. The molecule has 0 saturated heterocycles. The van der Waals surface area contributed by atoms with E-state index in [1.54, 1.807) is 0 Å². The van der Waals surface area contributed by atoms with Crippen LogP contribution in [0.5, 0.6) is 0 Å². The minimum atomic E-state index is -0.289. The molecule has 18 heavy (non-hydrogen) atoms. The highest BCUT2D eigenvalue weighted by atomic mass is 79.9. The molecule has 0 aliphatic carbocycles. The molecule has 1 aromatic carbocycles. The Morgan fingerprint density at radius 1 is 1.22 bits per heavy atom. The molecule has 1 aromatic rings. The van der Waals surface area contributed by atoms with E-state index in [1.807, 2.05) is 0 Å². The highest BCUT2D eigenvalue weighted by Gasteiger charge is 2.23. The standard InChI is InChI=1S/C15H24BrOSi/c1-15(2,18(3)4)12-17-11-7-9-13-8-5-6-10-14(13)16/h5-6,8,10H,7,9,11-12H2,1-4H3. The molecule has 0 heterocycles. The van der Waals surface area contributed by atoms with Crippen LogP contribution in [0.1, 0.15) is 25.8 Å². The van der Waals surface area contributed by atoms with Crippen molar-refractivity contribution in [3.8, 4) is 0 Å². The predicted octanol–water partition coefficient (Wildman–Crippen LogP) is 4.93. The van der Waals surface area contributed by atoms with Crippen LogP contribution < -0.4 is 0 Å². The van der Waals surface area contributed by atoms with E-state index in [1.165, 1.54) is 10.0 Å². The number of halogens is 1. The van der Waals surface area contributed by atoms with E-state index < -0.39 is 0 Å². The number of ether oxygens (including phenoxy) is 1. The van der Waals surface area contributed by atoms with E-state index in [0.29, 0.717) is 5.04 Å². The molecule has 0 atom stereocenters. The Morgan fingerprint density at radius 2 is 1.89 bits per heavy atom. The lowest BCUT2D eigenvalue weighted by Crippen LogP contribution is -2.26. The molecule has 1 nitrogen and oxygen atoms in total. The van der Waals surface area contributed by atoms with E-state index in [0.717, 1.165) is 26.1 Å². The maximum Gasteiger partial charge on any atom is 0.0503 e. The van der Waals surface area contributed by atoms with Crippen molar-refractivity contribution in [2.75, 3.05) is 13.2 Å². The summed E-state index contributed by atoms with van der Waals surface area (Å²) in [5, 5.41) is 0.373. The smallest absolute Gasteiger partial charge is 0.0503 e. The molecule has 0 fully saturated rings. The lowest BCUT2D eigenvalue weighted by molar-refractivity contribution is 0.111. The lowest BCUT2D eigenvalue weighted by atomic mass is 10.1. The predicted molar refractivity (Wildman–Crippen MR) is 84.8 cm³/mol. The van der Waals surface area contributed by atoms with Crippen molar-refractivity contribution in [2.24, 2.45) is 0 Å². The van der Waals surface area contributed by atoms with Gasteiger partial charge in [0.15, 0.2) is 0 Å². The van der Waals surface area contributed by atoms with Gasteiger partial charge in [-0.3, -0.25) is 0 Å². The first kappa shape index (κ1) is 15.9. The summed E-state index contributed by atoms with van der Waals surface area (Å²) in [5.74, 6) is 0. The van der Waals surface area contributed by atoms with Gasteiger partial charge in [-0.15, -0.1) is 0 Å². The van der Waals surface area contributed by atoms with Crippen LogP contribution in [-0.2, 0) is 11.2 Å². The highest BCUT2D eigenvalue weighted by molar-refractivity contribution is 9.10. The van der Waals surface area contributed by atoms with E-state index >= 15 is 0 Å². The third kappa shape index (κ3) is 5.25. The summed E-state index contributed by atoms with van der Waals surface area (Å²) >= 11 is 3.58. The van der Waals surface area contributed by atoms with Gasteiger partial charge >= 0.3 is 0 Å². The topological polar surface area (TPSA) is 9.23 Å². The van der Waals surface area contributed by atoms with Crippen LogP contribution in [0.3, 0.4) is 0 Å². The Bertz CT molecular complexity index is 363. The van der Waals surface area contributed by atoms with Crippen LogP contribution in [-0.4, -0.2) is 22.0 Å². The summed E-state index contributed by atoms with van der Waals surface area (Å²) in [4.78, 5) is 0. The molecular weight excluding hydrogens is 304 g/mol. The Hall–Kier alpha value is -0.123. The molecule has 101 valence electrons. The molecule has 1 radical (unpaired) electrons. The summed E-state index contributed by atoms with van der Waals surface area (Å²) in [7, 11) is -0.289. The fourth-order valence-electron chi connectivity index (χ4n) is 1.54. The molecule has 0 unspecified atom stereocenters. The third-order valence-corrected chi connectivity index (χ3v) is 7.13. The fraction of sp³-hybridized carbons (Fsp3) is 0.600. The monoisotopic (exact) mass is 327 g/mol. The first-order valence-electron chi connectivity index (χ1n) is 6.55. The van der Waals surface area contributed by atoms with E-state index in [2.05, 4.69) is 67.1 Å². The molecule has 0 spiro atoms. The zero-order valence-electron chi connectivity index (χ0n) is 11.9. The third-order valence-electron chi connectivity index (χ3n) is 3.51. The van der Waals surface area contributed by atoms with Crippen molar-refractivity contribution in [2.45, 2.75) is 44.8 Å². The highest BCUT2D eigenvalue weighted by Crippen LogP contribution is 2.28. The van der Waals surface area contributed by atoms with Crippen molar-refractivity contribution in [3.63, 3.8) is 0 Å². The number of benzene rings is 1. The van der Waals surface area contributed by atoms with Gasteiger partial charge in [0.05, 0.1) is 8.80 Å². The normalized spacial score (nSPS) is 12.1. The van der Waals surface area contributed by atoms with Crippen LogP contribution >= 0.6 is 15.9 Å². The van der Waals surface area contributed by atoms with E-state index in [9.17, 15) is 0 Å². The van der Waals surface area contributed by atoms with Crippen molar-refractivity contribution in [3.05, 3.63) is 34.3 Å². The Labute approximate surface area is 122 Å². The second kappa shape index (κ2) is 7.46. The molecule has 0 N–H and O–H groups in total. The van der Waals surface area contributed by atoms with E-state index in [4.69, 9.17) is 4.74 Å². The van der Waals surface area contributed by atoms with Crippen LogP contribution in [0.2, 0.25) is 18.1 Å². The summed E-state index contributed by atoms with van der Waals surface area (Å²) in [6, 6.07) is 8.42. The van der Waals surface area contributed by atoms with Gasteiger partial charge in [0.25, 0.3) is 0 Å². The molecule has 1 rings (SSSR count). The van der Waals surface area contributed by atoms with Gasteiger partial charge in [-0.25, -0.2) is 0 Å². The van der Waals surface area contributed by atoms with Crippen LogP contribution in [0.15, 0.2) is 28.7 Å². The summed E-state index contributed by atoms with van der Waals surface area (Å²) < 4.78 is 7.04.